The van der Waals surface area contributed by atoms with Crippen molar-refractivity contribution in [2.45, 2.75) is 25.8 Å². The maximum Gasteiger partial charge on any atom is 0.142 e. The van der Waals surface area contributed by atoms with Crippen molar-refractivity contribution in [3.05, 3.63) is 23.8 Å². The van der Waals surface area contributed by atoms with Gasteiger partial charge in [-0.2, -0.15) is 0 Å². The van der Waals surface area contributed by atoms with Gasteiger partial charge in [0, 0.05) is 5.54 Å². The molecule has 14 heavy (non-hydrogen) atoms. The minimum atomic E-state index is -0.318. The van der Waals surface area contributed by atoms with Crippen LogP contribution in [-0.4, -0.2) is 7.11 Å². The standard InChI is InChI=1S/C11H18N2O/c1-4-11(2,13)8-5-6-9(12)10(7-8)14-3/h5-7H,4,12-13H2,1-3H3. The van der Waals surface area contributed by atoms with Gasteiger partial charge in [-0.1, -0.05) is 13.0 Å². The maximum absolute atomic E-state index is 6.11. The first-order valence-corrected chi connectivity index (χ1v) is 4.74. The fourth-order valence-electron chi connectivity index (χ4n) is 1.27. The van der Waals surface area contributed by atoms with Gasteiger partial charge in [-0.3, -0.25) is 0 Å². The number of nitrogen functional groups attached to an aromatic ring is 1. The Labute approximate surface area is 85.0 Å². The first-order valence-electron chi connectivity index (χ1n) is 4.74. The Bertz CT molecular complexity index is 321. The summed E-state index contributed by atoms with van der Waals surface area (Å²) in [5.41, 5.74) is 13.2. The summed E-state index contributed by atoms with van der Waals surface area (Å²) in [6, 6.07) is 5.68. The largest absolute Gasteiger partial charge is 0.495 e. The van der Waals surface area contributed by atoms with Crippen LogP contribution in [0.1, 0.15) is 25.8 Å². The molecule has 1 rings (SSSR count). The molecule has 3 heteroatoms. The summed E-state index contributed by atoms with van der Waals surface area (Å²) in [6.45, 7) is 4.06. The average Bonchev–Trinajstić information content (AvgIpc) is 2.18. The van der Waals surface area contributed by atoms with Gasteiger partial charge >= 0.3 is 0 Å². The van der Waals surface area contributed by atoms with E-state index in [0.29, 0.717) is 11.4 Å². The lowest BCUT2D eigenvalue weighted by molar-refractivity contribution is 0.412. The highest BCUT2D eigenvalue weighted by Gasteiger charge is 2.19. The molecular weight excluding hydrogens is 176 g/mol. The van der Waals surface area contributed by atoms with Crippen LogP contribution in [0.3, 0.4) is 0 Å². The summed E-state index contributed by atoms with van der Waals surface area (Å²) >= 11 is 0. The second kappa shape index (κ2) is 3.88. The smallest absolute Gasteiger partial charge is 0.142 e. The number of nitrogens with two attached hydrogens (primary N) is 2. The SMILES string of the molecule is CCC(C)(N)c1ccc(N)c(OC)c1. The molecule has 0 heterocycles. The van der Waals surface area contributed by atoms with E-state index < -0.39 is 0 Å². The molecule has 0 saturated carbocycles. The first kappa shape index (κ1) is 10.9. The van der Waals surface area contributed by atoms with Crippen molar-refractivity contribution >= 4 is 5.69 Å². The molecule has 0 spiro atoms. The Morgan fingerprint density at radius 1 is 1.43 bits per heavy atom. The van der Waals surface area contributed by atoms with Crippen LogP contribution in [0.4, 0.5) is 5.69 Å². The summed E-state index contributed by atoms with van der Waals surface area (Å²) < 4.78 is 5.14. The summed E-state index contributed by atoms with van der Waals surface area (Å²) in [5, 5.41) is 0. The van der Waals surface area contributed by atoms with Crippen molar-refractivity contribution in [2.75, 3.05) is 12.8 Å². The van der Waals surface area contributed by atoms with Crippen molar-refractivity contribution in [3.63, 3.8) is 0 Å². The van der Waals surface area contributed by atoms with Gasteiger partial charge in [-0.15, -0.1) is 0 Å². The monoisotopic (exact) mass is 194 g/mol. The van der Waals surface area contributed by atoms with E-state index in [-0.39, 0.29) is 5.54 Å². The van der Waals surface area contributed by atoms with E-state index in [1.54, 1.807) is 7.11 Å². The minimum Gasteiger partial charge on any atom is -0.495 e. The van der Waals surface area contributed by atoms with E-state index in [1.807, 2.05) is 25.1 Å². The van der Waals surface area contributed by atoms with Crippen molar-refractivity contribution in [1.29, 1.82) is 0 Å². The lowest BCUT2D eigenvalue weighted by atomic mass is 9.90. The van der Waals surface area contributed by atoms with E-state index in [4.69, 9.17) is 16.2 Å². The van der Waals surface area contributed by atoms with Gasteiger partial charge in [-0.05, 0) is 31.0 Å². The molecule has 0 aliphatic rings. The fourth-order valence-corrected chi connectivity index (χ4v) is 1.27. The Morgan fingerprint density at radius 3 is 2.57 bits per heavy atom. The summed E-state index contributed by atoms with van der Waals surface area (Å²) in [4.78, 5) is 0. The lowest BCUT2D eigenvalue weighted by Crippen LogP contribution is -2.31. The van der Waals surface area contributed by atoms with Crippen molar-refractivity contribution in [1.82, 2.24) is 0 Å². The highest BCUT2D eigenvalue weighted by molar-refractivity contribution is 5.54. The average molecular weight is 194 g/mol. The zero-order chi connectivity index (χ0) is 10.8. The van der Waals surface area contributed by atoms with Gasteiger partial charge in [0.15, 0.2) is 0 Å². The molecule has 78 valence electrons. The molecule has 0 aliphatic carbocycles. The number of anilines is 1. The van der Waals surface area contributed by atoms with Crippen LogP contribution < -0.4 is 16.2 Å². The number of benzene rings is 1. The van der Waals surface area contributed by atoms with Gasteiger partial charge in [0.1, 0.15) is 5.75 Å². The normalized spacial score (nSPS) is 14.9. The van der Waals surface area contributed by atoms with Crippen LogP contribution in [0.25, 0.3) is 0 Å². The molecule has 1 unspecified atom stereocenters. The zero-order valence-corrected chi connectivity index (χ0v) is 9.00. The molecule has 0 saturated heterocycles. The van der Waals surface area contributed by atoms with Crippen LogP contribution in [-0.2, 0) is 5.54 Å². The third-order valence-corrected chi connectivity index (χ3v) is 2.63. The Morgan fingerprint density at radius 2 is 2.07 bits per heavy atom. The topological polar surface area (TPSA) is 61.3 Å². The van der Waals surface area contributed by atoms with Crippen molar-refractivity contribution < 1.29 is 4.74 Å². The molecule has 0 bridgehead atoms. The van der Waals surface area contributed by atoms with Gasteiger partial charge in [0.2, 0.25) is 0 Å². The molecular formula is C11H18N2O. The summed E-state index contributed by atoms with van der Waals surface area (Å²) in [6.07, 6.45) is 0.875. The summed E-state index contributed by atoms with van der Waals surface area (Å²) in [5.74, 6) is 0.688. The van der Waals surface area contributed by atoms with Crippen LogP contribution in [0.2, 0.25) is 0 Å². The third kappa shape index (κ3) is 1.99. The second-order valence-corrected chi connectivity index (χ2v) is 3.73. The van der Waals surface area contributed by atoms with Crippen molar-refractivity contribution in [3.8, 4) is 5.75 Å². The summed E-state index contributed by atoms with van der Waals surface area (Å²) in [7, 11) is 1.61. The number of rotatable bonds is 3. The lowest BCUT2D eigenvalue weighted by Gasteiger charge is -2.24. The molecule has 0 fully saturated rings. The predicted octanol–water partition coefficient (Wildman–Crippen LogP) is 1.86. The van der Waals surface area contributed by atoms with E-state index in [0.717, 1.165) is 12.0 Å². The predicted molar refractivity (Wildman–Crippen MR) is 59.2 cm³/mol. The maximum atomic E-state index is 6.11. The zero-order valence-electron chi connectivity index (χ0n) is 9.00. The molecule has 0 aromatic heterocycles. The number of methoxy groups -OCH3 is 1. The van der Waals surface area contributed by atoms with Gasteiger partial charge in [0.05, 0.1) is 12.8 Å². The highest BCUT2D eigenvalue weighted by Crippen LogP contribution is 2.28. The van der Waals surface area contributed by atoms with Gasteiger partial charge < -0.3 is 16.2 Å². The van der Waals surface area contributed by atoms with Crippen LogP contribution in [0.15, 0.2) is 18.2 Å². The number of hydrogen-bond donors (Lipinski definition) is 2. The highest BCUT2D eigenvalue weighted by atomic mass is 16.5. The third-order valence-electron chi connectivity index (χ3n) is 2.63. The molecule has 0 aliphatic heterocycles. The Balaban J connectivity index is 3.12. The molecule has 0 radical (unpaired) electrons. The molecule has 1 aromatic carbocycles. The van der Waals surface area contributed by atoms with E-state index in [1.165, 1.54) is 0 Å². The molecule has 1 atom stereocenters. The van der Waals surface area contributed by atoms with E-state index in [9.17, 15) is 0 Å². The number of hydrogen-bond acceptors (Lipinski definition) is 3. The van der Waals surface area contributed by atoms with Crippen LogP contribution in [0.5, 0.6) is 5.75 Å². The molecule has 3 nitrogen and oxygen atoms in total. The quantitative estimate of drug-likeness (QED) is 0.722. The van der Waals surface area contributed by atoms with Crippen LogP contribution in [0, 0.1) is 0 Å². The Kier molecular flexibility index (Phi) is 3.01. The molecule has 0 amide bonds. The van der Waals surface area contributed by atoms with Gasteiger partial charge in [0.25, 0.3) is 0 Å². The van der Waals surface area contributed by atoms with E-state index in [2.05, 4.69) is 6.92 Å². The van der Waals surface area contributed by atoms with E-state index >= 15 is 0 Å². The molecule has 4 N–H and O–H groups in total. The number of ether oxygens (including phenoxy) is 1. The Hall–Kier alpha value is -1.22. The van der Waals surface area contributed by atoms with Gasteiger partial charge in [-0.25, -0.2) is 0 Å². The second-order valence-electron chi connectivity index (χ2n) is 3.73. The van der Waals surface area contributed by atoms with Crippen molar-refractivity contribution in [2.24, 2.45) is 5.73 Å². The molecule has 1 aromatic rings. The minimum absolute atomic E-state index is 0.318. The van der Waals surface area contributed by atoms with Crippen LogP contribution >= 0.6 is 0 Å². The first-order chi connectivity index (χ1) is 6.51. The fraction of sp³-hybridized carbons (Fsp3) is 0.455.